The molecule has 0 bridgehead atoms. The van der Waals surface area contributed by atoms with E-state index in [-0.39, 0.29) is 0 Å². The van der Waals surface area contributed by atoms with Crippen LogP contribution in [-0.4, -0.2) is 17.3 Å². The summed E-state index contributed by atoms with van der Waals surface area (Å²) in [7, 11) is 0. The monoisotopic (exact) mass is 309 g/mol. The molecule has 112 valence electrons. The van der Waals surface area contributed by atoms with E-state index in [1.807, 2.05) is 18.2 Å². The van der Waals surface area contributed by atoms with Gasteiger partial charge in [0.2, 0.25) is 0 Å². The number of thioether (sulfide) groups is 1. The lowest BCUT2D eigenvalue weighted by Gasteiger charge is -2.08. The first-order chi connectivity index (χ1) is 10.7. The smallest absolute Gasteiger partial charge is 0.119 e. The summed E-state index contributed by atoms with van der Waals surface area (Å²) in [6.07, 6.45) is 0. The third-order valence-corrected chi connectivity index (χ3v) is 4.26. The van der Waals surface area contributed by atoms with Crippen LogP contribution >= 0.6 is 11.8 Å². The second kappa shape index (κ2) is 6.84. The van der Waals surface area contributed by atoms with Gasteiger partial charge in [0.15, 0.2) is 0 Å². The van der Waals surface area contributed by atoms with Crippen molar-refractivity contribution in [1.29, 1.82) is 0 Å². The fourth-order valence-corrected chi connectivity index (χ4v) is 3.15. The fourth-order valence-electron chi connectivity index (χ4n) is 2.45. The van der Waals surface area contributed by atoms with Gasteiger partial charge >= 0.3 is 0 Å². The van der Waals surface area contributed by atoms with Crippen molar-refractivity contribution in [3.63, 3.8) is 0 Å². The lowest BCUT2D eigenvalue weighted by molar-refractivity contribution is 0.343. The number of benzene rings is 2. The number of aryl methyl sites for hydroxylation is 2. The van der Waals surface area contributed by atoms with Crippen LogP contribution < -0.4 is 4.74 Å². The lowest BCUT2D eigenvalue weighted by Crippen LogP contribution is -2.01. The van der Waals surface area contributed by atoms with Crippen molar-refractivity contribution in [2.45, 2.75) is 18.9 Å². The summed E-state index contributed by atoms with van der Waals surface area (Å²) in [5.41, 5.74) is 3.51. The van der Waals surface area contributed by atoms with Gasteiger partial charge in [-0.3, -0.25) is 0 Å². The standard InChI is InChI=1S/C19H19NOS/c1-14-11-15(2)13-17(12-14)21-9-10-22-19-8-7-16-5-3-4-6-18(16)20-19/h3-8,11-13H,9-10H2,1-2H3. The van der Waals surface area contributed by atoms with Crippen LogP contribution in [0.15, 0.2) is 59.6 Å². The molecule has 0 aliphatic carbocycles. The Bertz CT molecular complexity index is 765. The van der Waals surface area contributed by atoms with E-state index in [4.69, 9.17) is 4.74 Å². The maximum absolute atomic E-state index is 5.83. The van der Waals surface area contributed by atoms with Gasteiger partial charge in [-0.1, -0.05) is 30.3 Å². The molecule has 0 radical (unpaired) electrons. The molecule has 3 heteroatoms. The predicted octanol–water partition coefficient (Wildman–Crippen LogP) is 5.02. The van der Waals surface area contributed by atoms with Gasteiger partial charge in [-0.25, -0.2) is 4.98 Å². The molecule has 0 fully saturated rings. The molecule has 3 aromatic rings. The van der Waals surface area contributed by atoms with E-state index in [9.17, 15) is 0 Å². The van der Waals surface area contributed by atoms with E-state index in [0.29, 0.717) is 6.61 Å². The Balaban J connectivity index is 1.55. The van der Waals surface area contributed by atoms with Crippen molar-refractivity contribution < 1.29 is 4.74 Å². The minimum Gasteiger partial charge on any atom is -0.493 e. The predicted molar refractivity (Wildman–Crippen MR) is 93.9 cm³/mol. The van der Waals surface area contributed by atoms with Crippen molar-refractivity contribution >= 4 is 22.7 Å². The molecule has 3 rings (SSSR count). The van der Waals surface area contributed by atoms with Gasteiger partial charge in [-0.2, -0.15) is 0 Å². The van der Waals surface area contributed by atoms with E-state index in [1.54, 1.807) is 11.8 Å². The van der Waals surface area contributed by atoms with Crippen LogP contribution in [0.5, 0.6) is 5.75 Å². The van der Waals surface area contributed by atoms with Crippen LogP contribution in [0.2, 0.25) is 0 Å². The highest BCUT2D eigenvalue weighted by Crippen LogP contribution is 2.21. The largest absolute Gasteiger partial charge is 0.493 e. The summed E-state index contributed by atoms with van der Waals surface area (Å²) in [5.74, 6) is 1.84. The summed E-state index contributed by atoms with van der Waals surface area (Å²) >= 11 is 1.73. The normalized spacial score (nSPS) is 10.8. The van der Waals surface area contributed by atoms with Crippen LogP contribution in [0.1, 0.15) is 11.1 Å². The Labute approximate surface area is 135 Å². The zero-order valence-electron chi connectivity index (χ0n) is 12.9. The first kappa shape index (κ1) is 14.9. The molecule has 0 atom stereocenters. The molecule has 2 aromatic carbocycles. The summed E-state index contributed by atoms with van der Waals surface area (Å²) in [6.45, 7) is 4.86. The third-order valence-electron chi connectivity index (χ3n) is 3.37. The Morgan fingerprint density at radius 1 is 0.955 bits per heavy atom. The minimum atomic E-state index is 0.683. The van der Waals surface area contributed by atoms with E-state index >= 15 is 0 Å². The SMILES string of the molecule is Cc1cc(C)cc(OCCSc2ccc3ccccc3n2)c1. The molecule has 2 nitrogen and oxygen atoms in total. The number of pyridine rings is 1. The quantitative estimate of drug-likeness (QED) is 0.488. The molecule has 0 N–H and O–H groups in total. The van der Waals surface area contributed by atoms with Crippen molar-refractivity contribution in [3.8, 4) is 5.75 Å². The Kier molecular flexibility index (Phi) is 4.64. The third kappa shape index (κ3) is 3.80. The van der Waals surface area contributed by atoms with Gasteiger partial charge in [0.25, 0.3) is 0 Å². The van der Waals surface area contributed by atoms with Gasteiger partial charge in [0.1, 0.15) is 5.75 Å². The van der Waals surface area contributed by atoms with Crippen molar-refractivity contribution in [2.24, 2.45) is 0 Å². The number of fused-ring (bicyclic) bond motifs is 1. The van der Waals surface area contributed by atoms with Crippen LogP contribution in [0.4, 0.5) is 0 Å². The van der Waals surface area contributed by atoms with Gasteiger partial charge in [-0.15, -0.1) is 11.8 Å². The zero-order valence-corrected chi connectivity index (χ0v) is 13.7. The summed E-state index contributed by atoms with van der Waals surface area (Å²) in [6, 6.07) is 18.7. The van der Waals surface area contributed by atoms with Crippen LogP contribution in [0.3, 0.4) is 0 Å². The summed E-state index contributed by atoms with van der Waals surface area (Å²) < 4.78 is 5.83. The summed E-state index contributed by atoms with van der Waals surface area (Å²) in [4.78, 5) is 4.66. The van der Waals surface area contributed by atoms with Crippen molar-refractivity contribution in [3.05, 3.63) is 65.7 Å². The van der Waals surface area contributed by atoms with E-state index in [1.165, 1.54) is 16.5 Å². The number of hydrogen-bond donors (Lipinski definition) is 0. The molecular formula is C19H19NOS. The maximum atomic E-state index is 5.83. The fraction of sp³-hybridized carbons (Fsp3) is 0.211. The van der Waals surface area contributed by atoms with E-state index in [0.717, 1.165) is 22.0 Å². The number of rotatable bonds is 5. The zero-order chi connectivity index (χ0) is 15.4. The van der Waals surface area contributed by atoms with E-state index in [2.05, 4.69) is 55.2 Å². The van der Waals surface area contributed by atoms with Gasteiger partial charge < -0.3 is 4.74 Å². The molecule has 0 saturated heterocycles. The van der Waals surface area contributed by atoms with Crippen LogP contribution in [0.25, 0.3) is 10.9 Å². The topological polar surface area (TPSA) is 22.1 Å². The molecule has 0 unspecified atom stereocenters. The molecule has 0 spiro atoms. The highest BCUT2D eigenvalue weighted by Gasteiger charge is 2.00. The van der Waals surface area contributed by atoms with E-state index < -0.39 is 0 Å². The van der Waals surface area contributed by atoms with Gasteiger partial charge in [0.05, 0.1) is 17.1 Å². The first-order valence-electron chi connectivity index (χ1n) is 7.40. The van der Waals surface area contributed by atoms with Crippen molar-refractivity contribution in [1.82, 2.24) is 4.98 Å². The molecule has 22 heavy (non-hydrogen) atoms. The Hall–Kier alpha value is -2.00. The number of nitrogens with zero attached hydrogens (tertiary/aromatic N) is 1. The Morgan fingerprint density at radius 3 is 2.55 bits per heavy atom. The van der Waals surface area contributed by atoms with Crippen molar-refractivity contribution in [2.75, 3.05) is 12.4 Å². The number of hydrogen-bond acceptors (Lipinski definition) is 3. The average molecular weight is 309 g/mol. The maximum Gasteiger partial charge on any atom is 0.119 e. The highest BCUT2D eigenvalue weighted by molar-refractivity contribution is 7.99. The molecule has 0 amide bonds. The second-order valence-corrected chi connectivity index (χ2v) is 6.48. The van der Waals surface area contributed by atoms with Crippen LogP contribution in [-0.2, 0) is 0 Å². The lowest BCUT2D eigenvalue weighted by atomic mass is 10.1. The molecular weight excluding hydrogens is 290 g/mol. The molecule has 0 aliphatic heterocycles. The molecule has 0 saturated carbocycles. The highest BCUT2D eigenvalue weighted by atomic mass is 32.2. The number of ether oxygens (including phenoxy) is 1. The molecule has 1 aromatic heterocycles. The first-order valence-corrected chi connectivity index (χ1v) is 8.39. The Morgan fingerprint density at radius 2 is 1.73 bits per heavy atom. The molecule has 0 aliphatic rings. The van der Waals surface area contributed by atoms with Gasteiger partial charge in [-0.05, 0) is 49.2 Å². The van der Waals surface area contributed by atoms with Gasteiger partial charge in [0, 0.05) is 11.1 Å². The minimum absolute atomic E-state index is 0.683. The number of para-hydroxylation sites is 1. The summed E-state index contributed by atoms with van der Waals surface area (Å²) in [5, 5.41) is 2.22. The molecule has 1 heterocycles. The number of aromatic nitrogens is 1. The van der Waals surface area contributed by atoms with Crippen LogP contribution in [0, 0.1) is 13.8 Å². The average Bonchev–Trinajstić information content (AvgIpc) is 2.50. The second-order valence-electron chi connectivity index (χ2n) is 5.36.